The highest BCUT2D eigenvalue weighted by Crippen LogP contribution is 2.50. The van der Waals surface area contributed by atoms with E-state index >= 15 is 0 Å². The Kier molecular flexibility index (Phi) is 6.80. The molecule has 0 bridgehead atoms. The average molecular weight is 668 g/mol. The van der Waals surface area contributed by atoms with Crippen LogP contribution in [0.4, 0.5) is 0 Å². The van der Waals surface area contributed by atoms with Crippen molar-refractivity contribution in [2.75, 3.05) is 0 Å². The SMILES string of the molecule is CC1(C)c2ccccc2-c2cc3c(cc21)oc1ccc(-c2nc(-c4ccc(-c5ccccc5)cc4)nc(-c4ccc(-c5ccccc5)cc4)n2)cc13. The fourth-order valence-corrected chi connectivity index (χ4v) is 7.76. The summed E-state index contributed by atoms with van der Waals surface area (Å²) >= 11 is 0. The molecule has 0 N–H and O–H groups in total. The molecular weight excluding hydrogens is 635 g/mol. The summed E-state index contributed by atoms with van der Waals surface area (Å²) in [7, 11) is 0. The molecule has 0 saturated carbocycles. The third-order valence-corrected chi connectivity index (χ3v) is 10.6. The van der Waals surface area contributed by atoms with Crippen LogP contribution in [0, 0.1) is 0 Å². The number of hydrogen-bond acceptors (Lipinski definition) is 4. The third-order valence-electron chi connectivity index (χ3n) is 10.6. The minimum atomic E-state index is -0.0967. The van der Waals surface area contributed by atoms with Crippen LogP contribution in [-0.4, -0.2) is 15.0 Å². The second-order valence-electron chi connectivity index (χ2n) is 14.1. The van der Waals surface area contributed by atoms with Crippen LogP contribution in [0.1, 0.15) is 25.0 Å². The van der Waals surface area contributed by atoms with Gasteiger partial charge in [0.15, 0.2) is 17.5 Å². The lowest BCUT2D eigenvalue weighted by Crippen LogP contribution is -2.14. The molecule has 0 saturated heterocycles. The summed E-state index contributed by atoms with van der Waals surface area (Å²) in [6.07, 6.45) is 0. The predicted molar refractivity (Wildman–Crippen MR) is 212 cm³/mol. The molecule has 1 aliphatic rings. The summed E-state index contributed by atoms with van der Waals surface area (Å²) in [4.78, 5) is 15.2. The topological polar surface area (TPSA) is 51.8 Å². The highest BCUT2D eigenvalue weighted by Gasteiger charge is 2.36. The molecule has 246 valence electrons. The number of furan rings is 1. The molecule has 10 rings (SSSR count). The molecule has 4 nitrogen and oxygen atoms in total. The Morgan fingerprint density at radius 3 is 1.42 bits per heavy atom. The van der Waals surface area contributed by atoms with Crippen molar-refractivity contribution in [2.45, 2.75) is 19.3 Å². The number of rotatable bonds is 5. The van der Waals surface area contributed by atoms with Crippen LogP contribution in [0.3, 0.4) is 0 Å². The Morgan fingerprint density at radius 1 is 0.365 bits per heavy atom. The van der Waals surface area contributed by atoms with E-state index in [4.69, 9.17) is 19.4 Å². The fraction of sp³-hybridized carbons (Fsp3) is 0.0625. The average Bonchev–Trinajstić information content (AvgIpc) is 3.68. The molecule has 0 aliphatic heterocycles. The van der Waals surface area contributed by atoms with Crippen LogP contribution in [0.25, 0.3) is 89.5 Å². The van der Waals surface area contributed by atoms with Crippen molar-refractivity contribution in [3.8, 4) is 67.5 Å². The number of hydrogen-bond donors (Lipinski definition) is 0. The predicted octanol–water partition coefficient (Wildman–Crippen LogP) is 12.4. The van der Waals surface area contributed by atoms with Crippen LogP contribution < -0.4 is 0 Å². The van der Waals surface area contributed by atoms with Gasteiger partial charge in [-0.15, -0.1) is 0 Å². The highest BCUT2D eigenvalue weighted by molar-refractivity contribution is 6.08. The zero-order valence-electron chi connectivity index (χ0n) is 28.8. The van der Waals surface area contributed by atoms with Gasteiger partial charge in [0.05, 0.1) is 0 Å². The zero-order valence-corrected chi connectivity index (χ0v) is 28.8. The lowest BCUT2D eigenvalue weighted by molar-refractivity contribution is 0.647. The number of nitrogens with zero attached hydrogens (tertiary/aromatic N) is 3. The summed E-state index contributed by atoms with van der Waals surface area (Å²) < 4.78 is 6.49. The normalized spacial score (nSPS) is 13.0. The highest BCUT2D eigenvalue weighted by atomic mass is 16.3. The van der Waals surface area contributed by atoms with Crippen molar-refractivity contribution >= 4 is 21.9 Å². The summed E-state index contributed by atoms with van der Waals surface area (Å²) in [5, 5.41) is 2.13. The standard InChI is InChI=1S/C48H33N3O/c1-48(2)41-16-10-9-15-37(41)38-28-40-39-27-36(25-26-43(39)52-44(40)29-42(38)48)47-50-45(34-21-17-32(18-22-34)30-11-5-3-6-12-30)49-46(51-47)35-23-19-33(20-24-35)31-13-7-4-8-14-31/h3-29H,1-2H3. The van der Waals surface area contributed by atoms with Gasteiger partial charge >= 0.3 is 0 Å². The van der Waals surface area contributed by atoms with Gasteiger partial charge < -0.3 is 4.42 Å². The van der Waals surface area contributed by atoms with E-state index in [0.717, 1.165) is 49.8 Å². The van der Waals surface area contributed by atoms with E-state index in [9.17, 15) is 0 Å². The van der Waals surface area contributed by atoms with E-state index in [1.807, 2.05) is 18.2 Å². The second-order valence-corrected chi connectivity index (χ2v) is 14.1. The maximum absolute atomic E-state index is 6.49. The van der Waals surface area contributed by atoms with E-state index in [0.29, 0.717) is 17.5 Å². The van der Waals surface area contributed by atoms with Crippen LogP contribution in [0.15, 0.2) is 168 Å². The molecule has 1 aliphatic carbocycles. The molecule has 9 aromatic rings. The molecule has 7 aromatic carbocycles. The molecule has 2 heterocycles. The van der Waals surface area contributed by atoms with Crippen LogP contribution in [-0.2, 0) is 5.41 Å². The van der Waals surface area contributed by atoms with Gasteiger partial charge in [0.1, 0.15) is 11.2 Å². The molecule has 0 radical (unpaired) electrons. The first-order valence-electron chi connectivity index (χ1n) is 17.7. The minimum absolute atomic E-state index is 0.0967. The van der Waals surface area contributed by atoms with Crippen molar-refractivity contribution < 1.29 is 4.42 Å². The molecule has 0 amide bonds. The Balaban J connectivity index is 1.11. The zero-order chi connectivity index (χ0) is 34.8. The van der Waals surface area contributed by atoms with Crippen molar-refractivity contribution in [1.29, 1.82) is 0 Å². The largest absolute Gasteiger partial charge is 0.456 e. The van der Waals surface area contributed by atoms with Crippen molar-refractivity contribution in [3.63, 3.8) is 0 Å². The molecule has 52 heavy (non-hydrogen) atoms. The number of fused-ring (bicyclic) bond motifs is 6. The van der Waals surface area contributed by atoms with E-state index in [1.165, 1.54) is 33.4 Å². The van der Waals surface area contributed by atoms with Gasteiger partial charge in [-0.2, -0.15) is 0 Å². The van der Waals surface area contributed by atoms with Gasteiger partial charge in [-0.05, 0) is 74.8 Å². The van der Waals surface area contributed by atoms with E-state index < -0.39 is 0 Å². The number of benzene rings is 7. The van der Waals surface area contributed by atoms with E-state index in [1.54, 1.807) is 0 Å². The van der Waals surface area contributed by atoms with Crippen molar-refractivity contribution in [2.24, 2.45) is 0 Å². The van der Waals surface area contributed by atoms with Crippen molar-refractivity contribution in [3.05, 3.63) is 175 Å². The lowest BCUT2D eigenvalue weighted by Gasteiger charge is -2.21. The van der Waals surface area contributed by atoms with Gasteiger partial charge in [-0.25, -0.2) is 15.0 Å². The quantitative estimate of drug-likeness (QED) is 0.183. The van der Waals surface area contributed by atoms with Crippen LogP contribution >= 0.6 is 0 Å². The Morgan fingerprint density at radius 2 is 0.827 bits per heavy atom. The minimum Gasteiger partial charge on any atom is -0.456 e. The molecule has 0 atom stereocenters. The first-order chi connectivity index (χ1) is 25.5. The molecule has 0 unspecified atom stereocenters. The Hall–Kier alpha value is -6.65. The molecule has 0 fully saturated rings. The monoisotopic (exact) mass is 667 g/mol. The Labute approximate surface area is 302 Å². The molecule has 0 spiro atoms. The summed E-state index contributed by atoms with van der Waals surface area (Å²) in [5.74, 6) is 1.87. The van der Waals surface area contributed by atoms with Gasteiger partial charge in [0, 0.05) is 32.9 Å². The summed E-state index contributed by atoms with van der Waals surface area (Å²) in [5.41, 5.74) is 14.2. The first kappa shape index (κ1) is 30.2. The molecule has 4 heteroatoms. The third kappa shape index (κ3) is 4.95. The maximum Gasteiger partial charge on any atom is 0.164 e. The fourth-order valence-electron chi connectivity index (χ4n) is 7.76. The van der Waals surface area contributed by atoms with E-state index in [2.05, 4.69) is 159 Å². The van der Waals surface area contributed by atoms with Crippen molar-refractivity contribution in [1.82, 2.24) is 15.0 Å². The van der Waals surface area contributed by atoms with Gasteiger partial charge in [-0.1, -0.05) is 147 Å². The van der Waals surface area contributed by atoms with Gasteiger partial charge in [0.2, 0.25) is 0 Å². The maximum atomic E-state index is 6.49. The smallest absolute Gasteiger partial charge is 0.164 e. The van der Waals surface area contributed by atoms with Crippen LogP contribution in [0.5, 0.6) is 0 Å². The van der Waals surface area contributed by atoms with E-state index in [-0.39, 0.29) is 5.41 Å². The lowest BCUT2D eigenvalue weighted by atomic mass is 9.82. The Bertz CT molecular complexity index is 2680. The second kappa shape index (κ2) is 11.7. The van der Waals surface area contributed by atoms with Crippen LogP contribution in [0.2, 0.25) is 0 Å². The summed E-state index contributed by atoms with van der Waals surface area (Å²) in [6.45, 7) is 4.59. The number of aromatic nitrogens is 3. The van der Waals surface area contributed by atoms with Gasteiger partial charge in [0.25, 0.3) is 0 Å². The molecule has 2 aromatic heterocycles. The van der Waals surface area contributed by atoms with Gasteiger partial charge in [-0.3, -0.25) is 0 Å². The first-order valence-corrected chi connectivity index (χ1v) is 17.7. The summed E-state index contributed by atoms with van der Waals surface area (Å²) in [6, 6.07) is 57.2. The molecular formula is C48H33N3O.